The summed E-state index contributed by atoms with van der Waals surface area (Å²) < 4.78 is 26.3. The van der Waals surface area contributed by atoms with E-state index < -0.39 is 26.9 Å². The number of aryl methyl sites for hydroxylation is 1. The van der Waals surface area contributed by atoms with Crippen molar-refractivity contribution in [3.8, 4) is 0 Å². The van der Waals surface area contributed by atoms with E-state index >= 15 is 0 Å². The van der Waals surface area contributed by atoms with Crippen LogP contribution in [0.25, 0.3) is 0 Å². The number of sulfone groups is 1. The zero-order chi connectivity index (χ0) is 17.9. The van der Waals surface area contributed by atoms with E-state index in [-0.39, 0.29) is 10.5 Å². The number of carbonyl (C=O) groups excluding carboxylic acids is 2. The summed E-state index contributed by atoms with van der Waals surface area (Å²) in [6, 6.07) is 9.18. The van der Waals surface area contributed by atoms with Gasteiger partial charge in [-0.05, 0) is 38.1 Å². The third-order valence-corrected chi connectivity index (χ3v) is 5.74. The maximum atomic E-state index is 12.4. The molecule has 1 aromatic heterocycles. The standard InChI is InChI=1S/C16H19N3O4S/c1-11(2)24(22,23)14-9-5-4-7-12(14)15(20)17-18-16(21)13-8-6-10-19(13)3/h4-11H,1-3H3,(H,17,20)(H,18,21). The van der Waals surface area contributed by atoms with Crippen LogP contribution in [-0.4, -0.2) is 30.0 Å². The number of amides is 2. The third-order valence-electron chi connectivity index (χ3n) is 3.52. The molecule has 128 valence electrons. The van der Waals surface area contributed by atoms with Crippen LogP contribution in [-0.2, 0) is 16.9 Å². The highest BCUT2D eigenvalue weighted by Gasteiger charge is 2.25. The van der Waals surface area contributed by atoms with Crippen molar-refractivity contribution in [3.05, 3.63) is 53.9 Å². The predicted octanol–water partition coefficient (Wildman–Crippen LogP) is 1.28. The van der Waals surface area contributed by atoms with Gasteiger partial charge in [-0.2, -0.15) is 0 Å². The highest BCUT2D eigenvalue weighted by atomic mass is 32.2. The number of benzene rings is 1. The Morgan fingerprint density at radius 1 is 1.00 bits per heavy atom. The molecule has 0 spiro atoms. The van der Waals surface area contributed by atoms with Gasteiger partial charge in [0.2, 0.25) is 0 Å². The molecule has 8 heteroatoms. The van der Waals surface area contributed by atoms with Gasteiger partial charge in [0.1, 0.15) is 5.69 Å². The van der Waals surface area contributed by atoms with Crippen LogP contribution in [0, 0.1) is 0 Å². The van der Waals surface area contributed by atoms with E-state index in [1.165, 1.54) is 12.1 Å². The van der Waals surface area contributed by atoms with Crippen LogP contribution in [0.4, 0.5) is 0 Å². The lowest BCUT2D eigenvalue weighted by molar-refractivity contribution is 0.0840. The summed E-state index contributed by atoms with van der Waals surface area (Å²) in [7, 11) is -1.92. The van der Waals surface area contributed by atoms with E-state index in [2.05, 4.69) is 10.9 Å². The van der Waals surface area contributed by atoms with Crippen molar-refractivity contribution in [2.45, 2.75) is 24.0 Å². The Bertz CT molecular complexity index is 869. The smallest absolute Gasteiger partial charge is 0.286 e. The van der Waals surface area contributed by atoms with Crippen molar-refractivity contribution in [1.82, 2.24) is 15.4 Å². The SMILES string of the molecule is CC(C)S(=O)(=O)c1ccccc1C(=O)NNC(=O)c1cccn1C. The molecule has 0 aliphatic rings. The first kappa shape index (κ1) is 17.7. The molecule has 0 unspecified atom stereocenters. The summed E-state index contributed by atoms with van der Waals surface area (Å²) in [5.41, 5.74) is 4.87. The van der Waals surface area contributed by atoms with Crippen molar-refractivity contribution in [3.63, 3.8) is 0 Å². The first-order chi connectivity index (χ1) is 11.2. The van der Waals surface area contributed by atoms with Crippen molar-refractivity contribution >= 4 is 21.7 Å². The average molecular weight is 349 g/mol. The zero-order valence-corrected chi connectivity index (χ0v) is 14.4. The third kappa shape index (κ3) is 3.48. The molecule has 2 aromatic rings. The van der Waals surface area contributed by atoms with Crippen LogP contribution < -0.4 is 10.9 Å². The summed E-state index contributed by atoms with van der Waals surface area (Å²) in [5, 5.41) is -0.663. The molecule has 0 aliphatic carbocycles. The van der Waals surface area contributed by atoms with Gasteiger partial charge in [0.15, 0.2) is 9.84 Å². The Kier molecular flexibility index (Phi) is 5.08. The molecule has 0 aliphatic heterocycles. The molecule has 0 atom stereocenters. The van der Waals surface area contributed by atoms with Crippen LogP contribution in [0.2, 0.25) is 0 Å². The second kappa shape index (κ2) is 6.88. The maximum Gasteiger partial charge on any atom is 0.286 e. The number of carbonyl (C=O) groups is 2. The van der Waals surface area contributed by atoms with Gasteiger partial charge in [0, 0.05) is 13.2 Å². The molecular weight excluding hydrogens is 330 g/mol. The summed E-state index contributed by atoms with van der Waals surface area (Å²) in [6.45, 7) is 3.09. The van der Waals surface area contributed by atoms with Crippen LogP contribution in [0.5, 0.6) is 0 Å². The number of aromatic nitrogens is 1. The van der Waals surface area contributed by atoms with Gasteiger partial charge in [0.25, 0.3) is 11.8 Å². The zero-order valence-electron chi connectivity index (χ0n) is 13.6. The van der Waals surface area contributed by atoms with E-state index in [0.717, 1.165) is 0 Å². The minimum atomic E-state index is -3.62. The van der Waals surface area contributed by atoms with Gasteiger partial charge in [0.05, 0.1) is 15.7 Å². The minimum Gasteiger partial charge on any atom is -0.347 e. The molecular formula is C16H19N3O4S. The number of hydrogen-bond acceptors (Lipinski definition) is 4. The van der Waals surface area contributed by atoms with Gasteiger partial charge in [-0.25, -0.2) is 8.42 Å². The summed E-state index contributed by atoms with van der Waals surface area (Å²) in [4.78, 5) is 24.2. The molecule has 24 heavy (non-hydrogen) atoms. The molecule has 2 amide bonds. The van der Waals surface area contributed by atoms with E-state index in [4.69, 9.17) is 0 Å². The fourth-order valence-electron chi connectivity index (χ4n) is 2.10. The second-order valence-corrected chi connectivity index (χ2v) is 7.98. The van der Waals surface area contributed by atoms with Crippen LogP contribution in [0.1, 0.15) is 34.7 Å². The van der Waals surface area contributed by atoms with Crippen LogP contribution >= 0.6 is 0 Å². The van der Waals surface area contributed by atoms with Crippen molar-refractivity contribution in [1.29, 1.82) is 0 Å². The Morgan fingerprint density at radius 3 is 2.21 bits per heavy atom. The van der Waals surface area contributed by atoms with E-state index in [1.807, 2.05) is 0 Å². The first-order valence-corrected chi connectivity index (χ1v) is 8.84. The lowest BCUT2D eigenvalue weighted by Crippen LogP contribution is -2.42. The van der Waals surface area contributed by atoms with Crippen molar-refractivity contribution in [2.24, 2.45) is 7.05 Å². The molecule has 7 nitrogen and oxygen atoms in total. The Hall–Kier alpha value is -2.61. The maximum absolute atomic E-state index is 12.4. The predicted molar refractivity (Wildman–Crippen MR) is 89.1 cm³/mol. The number of hydrogen-bond donors (Lipinski definition) is 2. The van der Waals surface area contributed by atoms with Gasteiger partial charge in [-0.1, -0.05) is 12.1 Å². The van der Waals surface area contributed by atoms with Crippen LogP contribution in [0.15, 0.2) is 47.5 Å². The molecule has 1 aromatic carbocycles. The van der Waals surface area contributed by atoms with E-state index in [9.17, 15) is 18.0 Å². The van der Waals surface area contributed by atoms with Crippen LogP contribution in [0.3, 0.4) is 0 Å². The molecule has 0 saturated carbocycles. The Labute approximate surface area is 140 Å². The Morgan fingerprint density at radius 2 is 1.62 bits per heavy atom. The molecule has 2 rings (SSSR count). The molecule has 0 fully saturated rings. The molecule has 2 N–H and O–H groups in total. The fourth-order valence-corrected chi connectivity index (χ4v) is 3.34. The summed E-state index contributed by atoms with van der Waals surface area (Å²) in [5.74, 6) is -1.20. The number of nitrogens with zero attached hydrogens (tertiary/aromatic N) is 1. The second-order valence-electron chi connectivity index (χ2n) is 5.50. The van der Waals surface area contributed by atoms with Crippen molar-refractivity contribution < 1.29 is 18.0 Å². The summed E-state index contributed by atoms with van der Waals surface area (Å²) in [6.07, 6.45) is 1.70. The number of rotatable bonds is 4. The molecule has 0 saturated heterocycles. The Balaban J connectivity index is 2.20. The van der Waals surface area contributed by atoms with Crippen molar-refractivity contribution in [2.75, 3.05) is 0 Å². The number of hydrazine groups is 1. The molecule has 1 heterocycles. The minimum absolute atomic E-state index is 0.0154. The van der Waals surface area contributed by atoms with Gasteiger partial charge in [-0.3, -0.25) is 20.4 Å². The highest BCUT2D eigenvalue weighted by molar-refractivity contribution is 7.92. The van der Waals surface area contributed by atoms with Gasteiger partial charge >= 0.3 is 0 Å². The lowest BCUT2D eigenvalue weighted by Gasteiger charge is -2.13. The largest absolute Gasteiger partial charge is 0.347 e. The lowest BCUT2D eigenvalue weighted by atomic mass is 10.2. The summed E-state index contributed by atoms with van der Waals surface area (Å²) >= 11 is 0. The quantitative estimate of drug-likeness (QED) is 0.813. The molecule has 0 radical (unpaired) electrons. The van der Waals surface area contributed by atoms with E-state index in [1.54, 1.807) is 55.9 Å². The van der Waals surface area contributed by atoms with Gasteiger partial charge in [-0.15, -0.1) is 0 Å². The fraction of sp³-hybridized carbons (Fsp3) is 0.250. The van der Waals surface area contributed by atoms with Gasteiger partial charge < -0.3 is 4.57 Å². The molecule has 0 bridgehead atoms. The first-order valence-electron chi connectivity index (χ1n) is 7.30. The monoisotopic (exact) mass is 349 g/mol. The topological polar surface area (TPSA) is 97.3 Å². The normalized spacial score (nSPS) is 11.3. The number of nitrogens with one attached hydrogen (secondary N) is 2. The van der Waals surface area contributed by atoms with E-state index in [0.29, 0.717) is 5.69 Å². The average Bonchev–Trinajstić information content (AvgIpc) is 2.98. The highest BCUT2D eigenvalue weighted by Crippen LogP contribution is 2.20.